The van der Waals surface area contributed by atoms with Gasteiger partial charge >= 0.3 is 0 Å². The molecule has 104 valence electrons. The van der Waals surface area contributed by atoms with Crippen LogP contribution in [0, 0.1) is 6.92 Å². The van der Waals surface area contributed by atoms with Gasteiger partial charge in [-0.1, -0.05) is 0 Å². The topological polar surface area (TPSA) is 73.5 Å². The molecule has 7 heteroatoms. The maximum atomic E-state index is 4.49. The minimum atomic E-state index is 0.758. The van der Waals surface area contributed by atoms with Crippen molar-refractivity contribution in [3.05, 3.63) is 24.4 Å². The van der Waals surface area contributed by atoms with E-state index >= 15 is 0 Å². The lowest BCUT2D eigenvalue weighted by molar-refractivity contribution is 0.660. The summed E-state index contributed by atoms with van der Waals surface area (Å²) in [6.07, 6.45) is 5.30. The van der Waals surface area contributed by atoms with Gasteiger partial charge in [-0.25, -0.2) is 9.97 Å². The van der Waals surface area contributed by atoms with Gasteiger partial charge in [-0.2, -0.15) is 10.2 Å². The van der Waals surface area contributed by atoms with Gasteiger partial charge in [0.2, 0.25) is 0 Å². The summed E-state index contributed by atoms with van der Waals surface area (Å²) in [5, 5.41) is 12.0. The Bertz CT molecular complexity index is 740. The molecule has 0 fully saturated rings. The van der Waals surface area contributed by atoms with Crippen molar-refractivity contribution >= 4 is 22.5 Å². The maximum absolute atomic E-state index is 4.49. The first-order valence-corrected chi connectivity index (χ1v) is 6.70. The second kappa shape index (κ2) is 4.92. The first kappa shape index (κ1) is 12.6. The van der Waals surface area contributed by atoms with Crippen molar-refractivity contribution in [2.24, 2.45) is 0 Å². The van der Waals surface area contributed by atoms with E-state index < -0.39 is 0 Å². The lowest BCUT2D eigenvalue weighted by Gasteiger charge is -2.06. The predicted octanol–water partition coefficient (Wildman–Crippen LogP) is 2.11. The van der Waals surface area contributed by atoms with Gasteiger partial charge < -0.3 is 5.32 Å². The lowest BCUT2D eigenvalue weighted by Crippen LogP contribution is -2.01. The Balaban J connectivity index is 2.06. The molecule has 3 aromatic rings. The third-order valence-corrected chi connectivity index (χ3v) is 3.21. The highest BCUT2D eigenvalue weighted by molar-refractivity contribution is 5.88. The molecule has 1 N–H and O–H groups in total. The van der Waals surface area contributed by atoms with Crippen LogP contribution in [0.1, 0.15) is 19.5 Å². The molecule has 0 radical (unpaired) electrons. The Kier molecular flexibility index (Phi) is 3.09. The number of nitrogens with zero attached hydrogens (tertiary/aromatic N) is 6. The number of hydrogen-bond acceptors (Lipinski definition) is 5. The van der Waals surface area contributed by atoms with Crippen LogP contribution in [-0.4, -0.2) is 29.5 Å². The number of nitrogens with one attached hydrogen (secondary N) is 1. The number of anilines is 2. The fourth-order valence-corrected chi connectivity index (χ4v) is 2.22. The zero-order chi connectivity index (χ0) is 14.1. The highest BCUT2D eigenvalue weighted by Gasteiger charge is 2.13. The molecule has 3 aromatic heterocycles. The molecule has 0 bridgehead atoms. The van der Waals surface area contributed by atoms with E-state index in [2.05, 4.69) is 39.3 Å². The third-order valence-electron chi connectivity index (χ3n) is 3.21. The molecule has 3 heterocycles. The van der Waals surface area contributed by atoms with E-state index in [0.717, 1.165) is 41.3 Å². The molecule has 0 aliphatic carbocycles. The molecule has 0 saturated heterocycles. The van der Waals surface area contributed by atoms with E-state index in [9.17, 15) is 0 Å². The SMILES string of the molecule is CCn1cc(Nc2ncnc3c(C)nn(CC)c23)cn1. The van der Waals surface area contributed by atoms with E-state index in [-0.39, 0.29) is 0 Å². The van der Waals surface area contributed by atoms with Gasteiger partial charge in [-0.3, -0.25) is 9.36 Å². The van der Waals surface area contributed by atoms with Gasteiger partial charge in [0.25, 0.3) is 0 Å². The van der Waals surface area contributed by atoms with Crippen LogP contribution < -0.4 is 5.32 Å². The number of hydrogen-bond donors (Lipinski definition) is 1. The van der Waals surface area contributed by atoms with Crippen LogP contribution in [0.5, 0.6) is 0 Å². The molecular weight excluding hydrogens is 254 g/mol. The molecule has 0 aliphatic heterocycles. The van der Waals surface area contributed by atoms with Crippen molar-refractivity contribution in [2.75, 3.05) is 5.32 Å². The molecule has 0 saturated carbocycles. The summed E-state index contributed by atoms with van der Waals surface area (Å²) in [5.41, 5.74) is 3.63. The Morgan fingerprint density at radius 3 is 2.75 bits per heavy atom. The molecule has 0 atom stereocenters. The summed E-state index contributed by atoms with van der Waals surface area (Å²) in [4.78, 5) is 8.66. The van der Waals surface area contributed by atoms with Crippen LogP contribution >= 0.6 is 0 Å². The van der Waals surface area contributed by atoms with E-state index in [1.54, 1.807) is 12.5 Å². The third kappa shape index (κ3) is 2.01. The van der Waals surface area contributed by atoms with Crippen molar-refractivity contribution in [2.45, 2.75) is 33.9 Å². The van der Waals surface area contributed by atoms with E-state index in [1.807, 2.05) is 22.5 Å². The summed E-state index contributed by atoms with van der Waals surface area (Å²) in [7, 11) is 0. The first-order chi connectivity index (χ1) is 9.72. The zero-order valence-electron chi connectivity index (χ0n) is 11.8. The number of rotatable bonds is 4. The Hall–Kier alpha value is -2.44. The fraction of sp³-hybridized carbons (Fsp3) is 0.385. The average Bonchev–Trinajstić information content (AvgIpc) is 3.04. The quantitative estimate of drug-likeness (QED) is 0.786. The Morgan fingerprint density at radius 1 is 1.20 bits per heavy atom. The summed E-state index contributed by atoms with van der Waals surface area (Å²) in [6.45, 7) is 7.68. The van der Waals surface area contributed by atoms with Crippen molar-refractivity contribution in [1.82, 2.24) is 29.5 Å². The zero-order valence-corrected chi connectivity index (χ0v) is 11.8. The molecule has 0 unspecified atom stereocenters. The van der Waals surface area contributed by atoms with Gasteiger partial charge in [0.15, 0.2) is 5.82 Å². The van der Waals surface area contributed by atoms with Crippen LogP contribution in [0.4, 0.5) is 11.5 Å². The fourth-order valence-electron chi connectivity index (χ4n) is 2.22. The van der Waals surface area contributed by atoms with Crippen LogP contribution in [0.25, 0.3) is 11.0 Å². The maximum Gasteiger partial charge on any atom is 0.160 e. The number of aromatic nitrogens is 6. The van der Waals surface area contributed by atoms with E-state index in [1.165, 1.54) is 0 Å². The average molecular weight is 271 g/mol. The Labute approximate surface area is 116 Å². The van der Waals surface area contributed by atoms with Crippen molar-refractivity contribution in [3.8, 4) is 0 Å². The summed E-state index contributed by atoms with van der Waals surface area (Å²) < 4.78 is 3.78. The first-order valence-electron chi connectivity index (χ1n) is 6.70. The molecule has 20 heavy (non-hydrogen) atoms. The minimum Gasteiger partial charge on any atom is -0.336 e. The molecule has 0 aliphatic rings. The molecule has 7 nitrogen and oxygen atoms in total. The van der Waals surface area contributed by atoms with E-state index in [0.29, 0.717) is 0 Å². The molecule has 3 rings (SSSR count). The second-order valence-corrected chi connectivity index (χ2v) is 4.53. The summed E-state index contributed by atoms with van der Waals surface area (Å²) in [6, 6.07) is 0. The molecular formula is C13H17N7. The van der Waals surface area contributed by atoms with Gasteiger partial charge in [0, 0.05) is 19.3 Å². The van der Waals surface area contributed by atoms with Gasteiger partial charge in [-0.15, -0.1) is 0 Å². The van der Waals surface area contributed by atoms with Crippen LogP contribution in [0.3, 0.4) is 0 Å². The van der Waals surface area contributed by atoms with Crippen molar-refractivity contribution in [1.29, 1.82) is 0 Å². The largest absolute Gasteiger partial charge is 0.336 e. The highest BCUT2D eigenvalue weighted by atomic mass is 15.3. The monoisotopic (exact) mass is 271 g/mol. The van der Waals surface area contributed by atoms with Crippen LogP contribution in [-0.2, 0) is 13.1 Å². The second-order valence-electron chi connectivity index (χ2n) is 4.53. The van der Waals surface area contributed by atoms with Gasteiger partial charge in [0.1, 0.15) is 17.4 Å². The van der Waals surface area contributed by atoms with Crippen molar-refractivity contribution in [3.63, 3.8) is 0 Å². The molecule has 0 amide bonds. The van der Waals surface area contributed by atoms with Crippen molar-refractivity contribution < 1.29 is 0 Å². The normalized spacial score (nSPS) is 11.2. The highest BCUT2D eigenvalue weighted by Crippen LogP contribution is 2.24. The van der Waals surface area contributed by atoms with Crippen LogP contribution in [0.2, 0.25) is 0 Å². The summed E-state index contributed by atoms with van der Waals surface area (Å²) in [5.74, 6) is 0.758. The predicted molar refractivity (Wildman–Crippen MR) is 76.9 cm³/mol. The Morgan fingerprint density at radius 2 is 2.05 bits per heavy atom. The van der Waals surface area contributed by atoms with Gasteiger partial charge in [-0.05, 0) is 20.8 Å². The number of fused-ring (bicyclic) bond motifs is 1. The summed E-state index contributed by atoms with van der Waals surface area (Å²) >= 11 is 0. The standard InChI is InChI=1S/C13H17N7/c1-4-19-7-10(6-16-19)17-13-12-11(14-8-15-13)9(3)18-20(12)5-2/h6-8H,4-5H2,1-3H3,(H,14,15,17). The smallest absolute Gasteiger partial charge is 0.160 e. The lowest BCUT2D eigenvalue weighted by atomic mass is 10.3. The molecule has 0 spiro atoms. The minimum absolute atomic E-state index is 0.758. The molecule has 0 aromatic carbocycles. The number of aryl methyl sites for hydroxylation is 3. The van der Waals surface area contributed by atoms with Crippen LogP contribution in [0.15, 0.2) is 18.7 Å². The van der Waals surface area contributed by atoms with Gasteiger partial charge in [0.05, 0.1) is 17.6 Å². The van der Waals surface area contributed by atoms with E-state index in [4.69, 9.17) is 0 Å².